The Kier molecular flexibility index (Phi) is 4.85. The number of benzene rings is 1. The zero-order chi connectivity index (χ0) is 21.1. The molecule has 4 bridgehead atoms. The molecule has 1 aromatic carbocycles. The van der Waals surface area contributed by atoms with E-state index in [9.17, 15) is 4.79 Å². The highest BCUT2D eigenvalue weighted by molar-refractivity contribution is 5.84. The molecule has 2 N–H and O–H groups in total. The summed E-state index contributed by atoms with van der Waals surface area (Å²) in [5.41, 5.74) is 7.98. The van der Waals surface area contributed by atoms with Gasteiger partial charge in [0.2, 0.25) is 5.91 Å². The van der Waals surface area contributed by atoms with Crippen LogP contribution in [0.4, 0.5) is 0 Å². The number of hydrogen-bond acceptors (Lipinski definition) is 2. The summed E-state index contributed by atoms with van der Waals surface area (Å²) in [6, 6.07) is 11.4. The van der Waals surface area contributed by atoms with Crippen molar-refractivity contribution >= 4 is 5.91 Å². The molecule has 6 rings (SSSR count). The lowest BCUT2D eigenvalue weighted by molar-refractivity contribution is -0.171. The van der Waals surface area contributed by atoms with Gasteiger partial charge in [0.15, 0.2) is 0 Å². The van der Waals surface area contributed by atoms with Crippen LogP contribution in [-0.2, 0) is 10.2 Å². The first-order valence-corrected chi connectivity index (χ1v) is 12.4. The first kappa shape index (κ1) is 20.5. The number of likely N-dealkylation sites (tertiary alicyclic amines) is 1. The summed E-state index contributed by atoms with van der Waals surface area (Å²) >= 11 is 0. The van der Waals surface area contributed by atoms with Crippen LogP contribution in [0.2, 0.25) is 0 Å². The summed E-state index contributed by atoms with van der Waals surface area (Å²) in [5, 5.41) is 0. The van der Waals surface area contributed by atoms with Crippen molar-refractivity contribution in [1.29, 1.82) is 0 Å². The Bertz CT molecular complexity index is 784. The molecule has 2 unspecified atom stereocenters. The Morgan fingerprint density at radius 3 is 2.37 bits per heavy atom. The minimum absolute atomic E-state index is 0.0120. The molecular formula is C27H40N2O. The van der Waals surface area contributed by atoms with Crippen molar-refractivity contribution in [3.8, 4) is 0 Å². The second-order valence-corrected chi connectivity index (χ2v) is 12.0. The maximum Gasteiger partial charge on any atom is 0.228 e. The van der Waals surface area contributed by atoms with E-state index < -0.39 is 0 Å². The van der Waals surface area contributed by atoms with Crippen LogP contribution in [0.25, 0.3) is 0 Å². The van der Waals surface area contributed by atoms with Crippen molar-refractivity contribution in [3.63, 3.8) is 0 Å². The van der Waals surface area contributed by atoms with E-state index in [0.717, 1.165) is 56.5 Å². The zero-order valence-electron chi connectivity index (χ0n) is 19.2. The van der Waals surface area contributed by atoms with Crippen LogP contribution in [0.1, 0.15) is 77.7 Å². The smallest absolute Gasteiger partial charge is 0.228 e. The number of carbonyl (C=O) groups excluding carboxylic acids is 1. The number of hydrogen-bond donors (Lipinski definition) is 1. The van der Waals surface area contributed by atoms with Gasteiger partial charge in [-0.25, -0.2) is 0 Å². The molecule has 0 radical (unpaired) electrons. The molecule has 4 saturated carbocycles. The van der Waals surface area contributed by atoms with Gasteiger partial charge in [-0.3, -0.25) is 4.79 Å². The first-order valence-electron chi connectivity index (χ1n) is 12.4. The number of nitrogens with two attached hydrogens (primary N) is 1. The van der Waals surface area contributed by atoms with E-state index in [2.05, 4.69) is 56.0 Å². The molecule has 1 amide bonds. The van der Waals surface area contributed by atoms with Gasteiger partial charge in [-0.1, -0.05) is 63.9 Å². The molecule has 1 saturated heterocycles. The fourth-order valence-corrected chi connectivity index (χ4v) is 8.31. The predicted molar refractivity (Wildman–Crippen MR) is 122 cm³/mol. The van der Waals surface area contributed by atoms with Crippen molar-refractivity contribution in [2.75, 3.05) is 13.1 Å². The van der Waals surface area contributed by atoms with E-state index >= 15 is 0 Å². The van der Waals surface area contributed by atoms with E-state index in [1.165, 1.54) is 31.2 Å². The summed E-state index contributed by atoms with van der Waals surface area (Å²) in [4.78, 5) is 16.4. The molecule has 30 heavy (non-hydrogen) atoms. The second-order valence-electron chi connectivity index (χ2n) is 12.0. The molecule has 1 aliphatic heterocycles. The van der Waals surface area contributed by atoms with Crippen LogP contribution in [0.5, 0.6) is 0 Å². The van der Waals surface area contributed by atoms with Gasteiger partial charge in [0, 0.05) is 19.1 Å². The molecule has 1 aromatic rings. The Balaban J connectivity index is 1.49. The average Bonchev–Trinajstić information content (AvgIpc) is 2.72. The van der Waals surface area contributed by atoms with Crippen LogP contribution in [0.3, 0.4) is 0 Å². The summed E-state index contributed by atoms with van der Waals surface area (Å²) < 4.78 is 0. The topological polar surface area (TPSA) is 46.3 Å². The van der Waals surface area contributed by atoms with Crippen molar-refractivity contribution < 1.29 is 4.79 Å². The molecule has 3 nitrogen and oxygen atoms in total. The SMILES string of the molecule is CCCC1C2CC3(C(=O)N4CC[C@H](N)C(C)(C)C4)CC1CC(c1ccccc1)(C2)C3. The number of amides is 1. The number of rotatable bonds is 4. The van der Waals surface area contributed by atoms with Crippen LogP contribution >= 0.6 is 0 Å². The van der Waals surface area contributed by atoms with Crippen LogP contribution in [0.15, 0.2) is 30.3 Å². The summed E-state index contributed by atoms with van der Waals surface area (Å²) in [6.45, 7) is 8.47. The lowest BCUT2D eigenvalue weighted by atomic mass is 9.39. The quantitative estimate of drug-likeness (QED) is 0.750. The van der Waals surface area contributed by atoms with E-state index in [1.54, 1.807) is 0 Å². The maximum atomic E-state index is 14.2. The molecular weight excluding hydrogens is 368 g/mol. The number of nitrogens with zero attached hydrogens (tertiary/aromatic N) is 1. The van der Waals surface area contributed by atoms with Crippen molar-refractivity contribution in [3.05, 3.63) is 35.9 Å². The van der Waals surface area contributed by atoms with Gasteiger partial charge in [-0.05, 0) is 72.7 Å². The van der Waals surface area contributed by atoms with Crippen LogP contribution < -0.4 is 5.73 Å². The van der Waals surface area contributed by atoms with E-state index in [-0.39, 0.29) is 22.3 Å². The average molecular weight is 409 g/mol. The van der Waals surface area contributed by atoms with Gasteiger partial charge in [0.1, 0.15) is 0 Å². The molecule has 0 spiro atoms. The predicted octanol–water partition coefficient (Wildman–Crippen LogP) is 5.14. The molecule has 4 aliphatic carbocycles. The van der Waals surface area contributed by atoms with Gasteiger partial charge < -0.3 is 10.6 Å². The molecule has 0 aromatic heterocycles. The summed E-state index contributed by atoms with van der Waals surface area (Å²) in [6.07, 6.45) is 9.47. The Morgan fingerprint density at radius 1 is 1.10 bits per heavy atom. The summed E-state index contributed by atoms with van der Waals surface area (Å²) in [7, 11) is 0. The Hall–Kier alpha value is -1.35. The highest BCUT2D eigenvalue weighted by Crippen LogP contribution is 2.68. The minimum Gasteiger partial charge on any atom is -0.342 e. The van der Waals surface area contributed by atoms with Crippen LogP contribution in [0, 0.1) is 28.6 Å². The van der Waals surface area contributed by atoms with Gasteiger partial charge >= 0.3 is 0 Å². The highest BCUT2D eigenvalue weighted by Gasteiger charge is 2.64. The third-order valence-corrected chi connectivity index (χ3v) is 9.56. The molecule has 5 aliphatic rings. The number of carbonyl (C=O) groups is 1. The van der Waals surface area contributed by atoms with Crippen molar-refractivity contribution in [2.24, 2.45) is 34.3 Å². The fourth-order valence-electron chi connectivity index (χ4n) is 8.31. The largest absolute Gasteiger partial charge is 0.342 e. The zero-order valence-corrected chi connectivity index (χ0v) is 19.2. The van der Waals surface area contributed by atoms with E-state index in [4.69, 9.17) is 5.73 Å². The van der Waals surface area contributed by atoms with E-state index in [0.29, 0.717) is 5.91 Å². The molecule has 5 fully saturated rings. The van der Waals surface area contributed by atoms with Crippen molar-refractivity contribution in [2.45, 2.75) is 83.6 Å². The monoisotopic (exact) mass is 408 g/mol. The van der Waals surface area contributed by atoms with Gasteiger partial charge in [0.05, 0.1) is 5.41 Å². The van der Waals surface area contributed by atoms with E-state index in [1.807, 2.05) is 0 Å². The van der Waals surface area contributed by atoms with Gasteiger partial charge in [-0.15, -0.1) is 0 Å². The number of piperidine rings is 1. The lowest BCUT2D eigenvalue weighted by Crippen LogP contribution is -2.64. The summed E-state index contributed by atoms with van der Waals surface area (Å²) in [5.74, 6) is 2.73. The first-order chi connectivity index (χ1) is 14.3. The minimum atomic E-state index is -0.135. The van der Waals surface area contributed by atoms with Gasteiger partial charge in [0.25, 0.3) is 0 Å². The van der Waals surface area contributed by atoms with Gasteiger partial charge in [-0.2, -0.15) is 0 Å². The molecule has 3 atom stereocenters. The standard InChI is InChI=1S/C27H40N2O/c1-4-8-22-19-13-26(21-9-6-5-7-10-21)14-20(22)16-27(15-19,17-26)24(30)29-12-11-23(28)25(2,3)18-29/h5-7,9-10,19-20,22-23H,4,8,11-18,28H2,1-3H3/t19?,20?,22?,23-,26?,27?/m0/s1. The highest BCUT2D eigenvalue weighted by atomic mass is 16.2. The fraction of sp³-hybridized carbons (Fsp3) is 0.741. The molecule has 164 valence electrons. The van der Waals surface area contributed by atoms with Crippen molar-refractivity contribution in [1.82, 2.24) is 4.90 Å². The maximum absolute atomic E-state index is 14.2. The normalized spacial score (nSPS) is 41.8. The second kappa shape index (κ2) is 7.08. The molecule has 3 heteroatoms. The molecule has 1 heterocycles. The third-order valence-electron chi connectivity index (χ3n) is 9.56. The van der Waals surface area contributed by atoms with Crippen LogP contribution in [-0.4, -0.2) is 29.9 Å². The lowest BCUT2D eigenvalue weighted by Gasteiger charge is -2.65. The Morgan fingerprint density at radius 2 is 1.77 bits per heavy atom. The Labute approximate surface area is 182 Å². The third kappa shape index (κ3) is 3.06.